The molecule has 0 saturated carbocycles. The number of para-hydroxylation sites is 1. The Morgan fingerprint density at radius 3 is 2.85 bits per heavy atom. The van der Waals surface area contributed by atoms with Gasteiger partial charge < -0.3 is 14.6 Å². The Bertz CT molecular complexity index is 422. The van der Waals surface area contributed by atoms with Crippen molar-refractivity contribution in [3.05, 3.63) is 29.8 Å². The predicted molar refractivity (Wildman–Crippen MR) is 78.9 cm³/mol. The predicted octanol–water partition coefficient (Wildman–Crippen LogP) is 2.06. The minimum Gasteiger partial charge on any atom is -0.491 e. The molecule has 20 heavy (non-hydrogen) atoms. The normalized spacial score (nSPS) is 24.1. The van der Waals surface area contributed by atoms with Gasteiger partial charge in [-0.2, -0.15) is 0 Å². The summed E-state index contributed by atoms with van der Waals surface area (Å²) in [5, 5.41) is 9.26. The number of hydrogen-bond donors (Lipinski definition) is 1. The average Bonchev–Trinajstić information content (AvgIpc) is 2.43. The summed E-state index contributed by atoms with van der Waals surface area (Å²) < 4.78 is 11.4. The molecule has 0 spiro atoms. The summed E-state index contributed by atoms with van der Waals surface area (Å²) in [6, 6.07) is 8.51. The lowest BCUT2D eigenvalue weighted by Crippen LogP contribution is -2.48. The molecule has 1 aliphatic heterocycles. The number of nitrogens with zero attached hydrogens (tertiary/aromatic N) is 1. The molecule has 2 unspecified atom stereocenters. The van der Waals surface area contributed by atoms with E-state index >= 15 is 0 Å². The molecule has 112 valence electrons. The standard InChI is InChI=1S/C16H25NO3/c1-12(2)20-16-7-5-4-6-14(16)8-17-9-15(10-18)19-11-13(17)3/h4-7,12-13,15,18H,8-11H2,1-3H3. The molecule has 1 aromatic rings. The second-order valence-electron chi connectivity index (χ2n) is 5.69. The van der Waals surface area contributed by atoms with Gasteiger partial charge in [0.1, 0.15) is 5.75 Å². The first-order chi connectivity index (χ1) is 9.60. The van der Waals surface area contributed by atoms with Crippen molar-refractivity contribution >= 4 is 0 Å². The Kier molecular flexibility index (Phi) is 5.40. The summed E-state index contributed by atoms with van der Waals surface area (Å²) in [4.78, 5) is 2.34. The van der Waals surface area contributed by atoms with E-state index < -0.39 is 0 Å². The largest absolute Gasteiger partial charge is 0.491 e. The Morgan fingerprint density at radius 1 is 1.40 bits per heavy atom. The van der Waals surface area contributed by atoms with Crippen molar-refractivity contribution in [2.24, 2.45) is 0 Å². The zero-order chi connectivity index (χ0) is 14.5. The lowest BCUT2D eigenvalue weighted by atomic mass is 10.1. The van der Waals surface area contributed by atoms with Crippen LogP contribution in [0, 0.1) is 0 Å². The molecule has 0 aliphatic carbocycles. The van der Waals surface area contributed by atoms with E-state index in [0.717, 1.165) is 18.8 Å². The van der Waals surface area contributed by atoms with Crippen molar-refractivity contribution in [1.29, 1.82) is 0 Å². The fraction of sp³-hybridized carbons (Fsp3) is 0.625. The van der Waals surface area contributed by atoms with Gasteiger partial charge in [0.15, 0.2) is 0 Å². The summed E-state index contributed by atoms with van der Waals surface area (Å²) in [6.45, 7) is 8.55. The highest BCUT2D eigenvalue weighted by atomic mass is 16.5. The van der Waals surface area contributed by atoms with Crippen molar-refractivity contribution in [2.75, 3.05) is 19.8 Å². The Hall–Kier alpha value is -1.10. The summed E-state index contributed by atoms with van der Waals surface area (Å²) in [7, 11) is 0. The highest BCUT2D eigenvalue weighted by Crippen LogP contribution is 2.23. The molecule has 0 radical (unpaired) electrons. The van der Waals surface area contributed by atoms with Gasteiger partial charge in [-0.25, -0.2) is 0 Å². The van der Waals surface area contributed by atoms with Gasteiger partial charge in [0.2, 0.25) is 0 Å². The average molecular weight is 279 g/mol. The van der Waals surface area contributed by atoms with Gasteiger partial charge in [0.05, 0.1) is 25.4 Å². The first-order valence-electron chi connectivity index (χ1n) is 7.31. The number of benzene rings is 1. The topological polar surface area (TPSA) is 41.9 Å². The first kappa shape index (κ1) is 15.3. The maximum Gasteiger partial charge on any atom is 0.124 e. The third-order valence-electron chi connectivity index (χ3n) is 3.55. The number of morpholine rings is 1. The maximum atomic E-state index is 9.26. The molecule has 0 aromatic heterocycles. The molecule has 1 saturated heterocycles. The number of aliphatic hydroxyl groups is 1. The van der Waals surface area contributed by atoms with Crippen molar-refractivity contribution in [3.63, 3.8) is 0 Å². The van der Waals surface area contributed by atoms with E-state index in [1.807, 2.05) is 32.0 Å². The molecular weight excluding hydrogens is 254 g/mol. The van der Waals surface area contributed by atoms with E-state index in [4.69, 9.17) is 9.47 Å². The fourth-order valence-corrected chi connectivity index (χ4v) is 2.43. The Labute approximate surface area is 121 Å². The van der Waals surface area contributed by atoms with Crippen molar-refractivity contribution < 1.29 is 14.6 Å². The van der Waals surface area contributed by atoms with E-state index in [9.17, 15) is 5.11 Å². The molecule has 0 bridgehead atoms. The molecule has 1 N–H and O–H groups in total. The van der Waals surface area contributed by atoms with Gasteiger partial charge in [-0.3, -0.25) is 4.90 Å². The molecule has 4 heteroatoms. The third-order valence-corrected chi connectivity index (χ3v) is 3.55. The van der Waals surface area contributed by atoms with Gasteiger partial charge in [0, 0.05) is 24.7 Å². The van der Waals surface area contributed by atoms with E-state index in [2.05, 4.69) is 17.9 Å². The molecule has 1 aromatic carbocycles. The lowest BCUT2D eigenvalue weighted by molar-refractivity contribution is -0.0807. The minimum absolute atomic E-state index is 0.0767. The fourth-order valence-electron chi connectivity index (χ4n) is 2.43. The second-order valence-corrected chi connectivity index (χ2v) is 5.69. The van der Waals surface area contributed by atoms with E-state index in [0.29, 0.717) is 12.6 Å². The lowest BCUT2D eigenvalue weighted by Gasteiger charge is -2.37. The molecule has 1 fully saturated rings. The van der Waals surface area contributed by atoms with Gasteiger partial charge in [-0.15, -0.1) is 0 Å². The monoisotopic (exact) mass is 279 g/mol. The summed E-state index contributed by atoms with van der Waals surface area (Å²) in [5.74, 6) is 0.946. The van der Waals surface area contributed by atoms with Crippen LogP contribution < -0.4 is 4.74 Å². The van der Waals surface area contributed by atoms with E-state index in [-0.39, 0.29) is 18.8 Å². The molecule has 4 nitrogen and oxygen atoms in total. The first-order valence-corrected chi connectivity index (χ1v) is 7.31. The van der Waals surface area contributed by atoms with Crippen molar-refractivity contribution in [1.82, 2.24) is 4.90 Å². The highest BCUT2D eigenvalue weighted by molar-refractivity contribution is 5.33. The molecular formula is C16H25NO3. The van der Waals surface area contributed by atoms with Gasteiger partial charge in [-0.1, -0.05) is 18.2 Å². The van der Waals surface area contributed by atoms with Crippen molar-refractivity contribution in [2.45, 2.75) is 45.6 Å². The van der Waals surface area contributed by atoms with Gasteiger partial charge in [-0.05, 0) is 26.8 Å². The zero-order valence-corrected chi connectivity index (χ0v) is 12.6. The number of rotatable bonds is 5. The van der Waals surface area contributed by atoms with Crippen LogP contribution in [0.5, 0.6) is 5.75 Å². The number of aliphatic hydroxyl groups excluding tert-OH is 1. The molecule has 1 aliphatic rings. The SMILES string of the molecule is CC(C)Oc1ccccc1CN1CC(CO)OCC1C. The van der Waals surface area contributed by atoms with Crippen LogP contribution in [0.3, 0.4) is 0 Å². The number of hydrogen-bond acceptors (Lipinski definition) is 4. The summed E-state index contributed by atoms with van der Waals surface area (Å²) in [5.41, 5.74) is 1.19. The van der Waals surface area contributed by atoms with E-state index in [1.54, 1.807) is 0 Å². The van der Waals surface area contributed by atoms with Crippen LogP contribution in [-0.2, 0) is 11.3 Å². The molecule has 2 atom stereocenters. The minimum atomic E-state index is -0.0793. The molecule has 0 amide bonds. The summed E-state index contributed by atoms with van der Waals surface area (Å²) in [6.07, 6.45) is 0.0906. The van der Waals surface area contributed by atoms with Crippen LogP contribution in [-0.4, -0.2) is 48.0 Å². The van der Waals surface area contributed by atoms with Crippen LogP contribution in [0.4, 0.5) is 0 Å². The number of ether oxygens (including phenoxy) is 2. The molecule has 1 heterocycles. The Balaban J connectivity index is 2.08. The van der Waals surface area contributed by atoms with Crippen LogP contribution in [0.25, 0.3) is 0 Å². The van der Waals surface area contributed by atoms with Crippen LogP contribution in [0.15, 0.2) is 24.3 Å². The summed E-state index contributed by atoms with van der Waals surface area (Å²) >= 11 is 0. The second kappa shape index (κ2) is 7.07. The zero-order valence-electron chi connectivity index (χ0n) is 12.6. The quantitative estimate of drug-likeness (QED) is 0.896. The van der Waals surface area contributed by atoms with Gasteiger partial charge in [0.25, 0.3) is 0 Å². The van der Waals surface area contributed by atoms with Gasteiger partial charge >= 0.3 is 0 Å². The van der Waals surface area contributed by atoms with Crippen LogP contribution >= 0.6 is 0 Å². The Morgan fingerprint density at radius 2 is 2.15 bits per heavy atom. The van der Waals surface area contributed by atoms with E-state index in [1.165, 1.54) is 5.56 Å². The highest BCUT2D eigenvalue weighted by Gasteiger charge is 2.26. The van der Waals surface area contributed by atoms with Crippen molar-refractivity contribution in [3.8, 4) is 5.75 Å². The van der Waals surface area contributed by atoms with Crippen LogP contribution in [0.2, 0.25) is 0 Å². The smallest absolute Gasteiger partial charge is 0.124 e. The van der Waals surface area contributed by atoms with Crippen LogP contribution in [0.1, 0.15) is 26.3 Å². The maximum absolute atomic E-state index is 9.26. The molecule has 2 rings (SSSR count). The third kappa shape index (κ3) is 3.95.